The van der Waals surface area contributed by atoms with Crippen LogP contribution in [-0.4, -0.2) is 18.2 Å². The van der Waals surface area contributed by atoms with Gasteiger partial charge in [-0.1, -0.05) is 12.1 Å². The van der Waals surface area contributed by atoms with Gasteiger partial charge >= 0.3 is 0 Å². The molecule has 1 N–H and O–H groups in total. The van der Waals surface area contributed by atoms with Gasteiger partial charge in [-0.15, -0.1) is 0 Å². The zero-order valence-corrected chi connectivity index (χ0v) is 14.2. The first-order valence-electron chi connectivity index (χ1n) is 7.57. The second-order valence-corrected chi connectivity index (χ2v) is 7.76. The van der Waals surface area contributed by atoms with Crippen LogP contribution in [0.1, 0.15) is 35.8 Å². The zero-order valence-electron chi connectivity index (χ0n) is 13.4. The van der Waals surface area contributed by atoms with Gasteiger partial charge in [-0.2, -0.15) is 5.10 Å². The molecule has 1 heterocycles. The van der Waals surface area contributed by atoms with Crippen molar-refractivity contribution in [2.45, 2.75) is 37.6 Å². The quantitative estimate of drug-likeness (QED) is 0.912. The van der Waals surface area contributed by atoms with Gasteiger partial charge in [0.05, 0.1) is 11.4 Å². The van der Waals surface area contributed by atoms with Crippen molar-refractivity contribution in [1.29, 1.82) is 0 Å². The van der Waals surface area contributed by atoms with Crippen LogP contribution in [-0.2, 0) is 17.1 Å². The highest BCUT2D eigenvalue weighted by Crippen LogP contribution is 2.42. The van der Waals surface area contributed by atoms with Gasteiger partial charge in [0.25, 0.3) is 0 Å². The molecule has 1 aliphatic rings. The highest BCUT2D eigenvalue weighted by molar-refractivity contribution is 7.89. The van der Waals surface area contributed by atoms with E-state index in [0.29, 0.717) is 11.4 Å². The third-order valence-corrected chi connectivity index (χ3v) is 6.01. The highest BCUT2D eigenvalue weighted by atomic mass is 32.2. The normalized spacial score (nSPS) is 16.5. The smallest absolute Gasteiger partial charge is 0.244 e. The summed E-state index contributed by atoms with van der Waals surface area (Å²) < 4.78 is 43.2. The van der Waals surface area contributed by atoms with Crippen molar-refractivity contribution >= 4 is 10.0 Å². The minimum Gasteiger partial charge on any atom is -0.271 e. The van der Waals surface area contributed by atoms with Crippen LogP contribution in [0.4, 0.5) is 4.39 Å². The van der Waals surface area contributed by atoms with Crippen molar-refractivity contribution in [3.8, 4) is 0 Å². The molecule has 0 aliphatic heterocycles. The largest absolute Gasteiger partial charge is 0.271 e. The summed E-state index contributed by atoms with van der Waals surface area (Å²) in [4.78, 5) is 0.229. The standard InChI is InChI=1S/C16H20FN3O2S/c1-10-16(11(2)20(3)18-10)23(21,22)19-15(12-4-5-12)13-6-8-14(17)9-7-13/h6-9,12,15,19H,4-5H2,1-3H3/t15-/m1/s1. The third kappa shape index (κ3) is 3.16. The Labute approximate surface area is 135 Å². The molecule has 0 saturated heterocycles. The lowest BCUT2D eigenvalue weighted by Crippen LogP contribution is -2.30. The number of hydrogen-bond donors (Lipinski definition) is 1. The summed E-state index contributed by atoms with van der Waals surface area (Å²) in [6, 6.07) is 5.67. The molecular weight excluding hydrogens is 317 g/mol. The molecule has 1 fully saturated rings. The topological polar surface area (TPSA) is 64.0 Å². The Morgan fingerprint density at radius 3 is 2.35 bits per heavy atom. The van der Waals surface area contributed by atoms with Crippen molar-refractivity contribution < 1.29 is 12.8 Å². The van der Waals surface area contributed by atoms with Gasteiger partial charge in [-0.05, 0) is 50.3 Å². The highest BCUT2D eigenvalue weighted by Gasteiger charge is 2.36. The summed E-state index contributed by atoms with van der Waals surface area (Å²) in [5.41, 5.74) is 1.87. The van der Waals surface area contributed by atoms with Crippen molar-refractivity contribution in [3.63, 3.8) is 0 Å². The Kier molecular flexibility index (Phi) is 4.01. The number of aromatic nitrogens is 2. The van der Waals surface area contributed by atoms with Gasteiger partial charge in [0.2, 0.25) is 10.0 Å². The Balaban J connectivity index is 1.95. The summed E-state index contributed by atoms with van der Waals surface area (Å²) >= 11 is 0. The first kappa shape index (κ1) is 16.1. The molecule has 3 rings (SSSR count). The van der Waals surface area contributed by atoms with E-state index in [9.17, 15) is 12.8 Å². The molecule has 5 nitrogen and oxygen atoms in total. The van der Waals surface area contributed by atoms with Crippen LogP contribution in [0.25, 0.3) is 0 Å². The molecule has 1 aromatic heterocycles. The number of rotatable bonds is 5. The Morgan fingerprint density at radius 1 is 1.26 bits per heavy atom. The number of halogens is 1. The maximum atomic E-state index is 13.1. The molecule has 0 amide bonds. The van der Waals surface area contributed by atoms with E-state index in [1.807, 2.05) is 0 Å². The Bertz CT molecular complexity index is 824. The molecule has 1 aliphatic carbocycles. The number of sulfonamides is 1. The van der Waals surface area contributed by atoms with Gasteiger partial charge in [0.1, 0.15) is 10.7 Å². The lowest BCUT2D eigenvalue weighted by atomic mass is 10.0. The predicted octanol–water partition coefficient (Wildman–Crippen LogP) is 2.61. The summed E-state index contributed by atoms with van der Waals surface area (Å²) in [6.45, 7) is 3.42. The Morgan fingerprint density at radius 2 is 1.87 bits per heavy atom. The molecule has 0 spiro atoms. The van der Waals surface area contributed by atoms with Crippen LogP contribution in [0.5, 0.6) is 0 Å². The number of nitrogens with zero attached hydrogens (tertiary/aromatic N) is 2. The average Bonchev–Trinajstić information content (AvgIpc) is 3.26. The summed E-state index contributed by atoms with van der Waals surface area (Å²) in [7, 11) is -1.97. The maximum Gasteiger partial charge on any atom is 0.244 e. The number of benzene rings is 1. The van der Waals surface area contributed by atoms with Crippen LogP contribution < -0.4 is 4.72 Å². The molecule has 2 aromatic rings. The number of hydrogen-bond acceptors (Lipinski definition) is 3. The molecule has 0 radical (unpaired) electrons. The van der Waals surface area contributed by atoms with Crippen LogP contribution in [0.2, 0.25) is 0 Å². The van der Waals surface area contributed by atoms with Crippen LogP contribution in [0.15, 0.2) is 29.2 Å². The van der Waals surface area contributed by atoms with E-state index in [0.717, 1.165) is 18.4 Å². The maximum absolute atomic E-state index is 13.1. The minimum atomic E-state index is -3.69. The number of nitrogens with one attached hydrogen (secondary N) is 1. The monoisotopic (exact) mass is 337 g/mol. The molecule has 1 saturated carbocycles. The van der Waals surface area contributed by atoms with Gasteiger partial charge in [0.15, 0.2) is 0 Å². The van der Waals surface area contributed by atoms with E-state index in [1.165, 1.54) is 12.1 Å². The van der Waals surface area contributed by atoms with Gasteiger partial charge in [0, 0.05) is 13.1 Å². The lowest BCUT2D eigenvalue weighted by Gasteiger charge is -2.19. The van der Waals surface area contributed by atoms with E-state index in [2.05, 4.69) is 9.82 Å². The fourth-order valence-electron chi connectivity index (χ4n) is 2.91. The average molecular weight is 337 g/mol. The first-order valence-corrected chi connectivity index (χ1v) is 9.06. The molecule has 1 atom stereocenters. The molecule has 23 heavy (non-hydrogen) atoms. The van der Waals surface area contributed by atoms with Gasteiger partial charge in [-0.3, -0.25) is 4.68 Å². The number of aryl methyl sites for hydroxylation is 2. The molecule has 7 heteroatoms. The van der Waals surface area contributed by atoms with Crippen LogP contribution in [0.3, 0.4) is 0 Å². The predicted molar refractivity (Wildman–Crippen MR) is 84.9 cm³/mol. The fraction of sp³-hybridized carbons (Fsp3) is 0.438. The van der Waals surface area contributed by atoms with Crippen LogP contribution in [0, 0.1) is 25.6 Å². The minimum absolute atomic E-state index is 0.229. The third-order valence-electron chi connectivity index (χ3n) is 4.32. The van der Waals surface area contributed by atoms with E-state index >= 15 is 0 Å². The van der Waals surface area contributed by atoms with E-state index < -0.39 is 10.0 Å². The van der Waals surface area contributed by atoms with Crippen LogP contribution >= 0.6 is 0 Å². The fourth-order valence-corrected chi connectivity index (χ4v) is 4.64. The van der Waals surface area contributed by atoms with E-state index in [1.54, 1.807) is 37.7 Å². The first-order chi connectivity index (χ1) is 10.8. The molecule has 124 valence electrons. The van der Waals surface area contributed by atoms with Gasteiger partial charge < -0.3 is 0 Å². The van der Waals surface area contributed by atoms with Crippen molar-refractivity contribution in [3.05, 3.63) is 47.0 Å². The van der Waals surface area contributed by atoms with E-state index in [4.69, 9.17) is 0 Å². The lowest BCUT2D eigenvalue weighted by molar-refractivity contribution is 0.527. The second kappa shape index (κ2) is 5.72. The summed E-state index contributed by atoms with van der Waals surface area (Å²) in [6.07, 6.45) is 1.94. The SMILES string of the molecule is Cc1nn(C)c(C)c1S(=O)(=O)N[C@@H](c1ccc(F)cc1)C1CC1. The van der Waals surface area contributed by atoms with Crippen molar-refractivity contribution in [2.24, 2.45) is 13.0 Å². The molecule has 0 unspecified atom stereocenters. The zero-order chi connectivity index (χ0) is 16.8. The Hall–Kier alpha value is -1.73. The molecule has 0 bridgehead atoms. The molecule has 1 aromatic carbocycles. The molecular formula is C16H20FN3O2S. The summed E-state index contributed by atoms with van der Waals surface area (Å²) in [5.74, 6) is -0.0716. The van der Waals surface area contributed by atoms with E-state index in [-0.39, 0.29) is 22.7 Å². The van der Waals surface area contributed by atoms with Crippen molar-refractivity contribution in [1.82, 2.24) is 14.5 Å². The second-order valence-electron chi connectivity index (χ2n) is 6.11. The van der Waals surface area contributed by atoms with Crippen molar-refractivity contribution in [2.75, 3.05) is 0 Å². The summed E-state index contributed by atoms with van der Waals surface area (Å²) in [5, 5.41) is 4.18. The van der Waals surface area contributed by atoms with Gasteiger partial charge in [-0.25, -0.2) is 17.5 Å².